The summed E-state index contributed by atoms with van der Waals surface area (Å²) in [5.74, 6) is 0.690. The summed E-state index contributed by atoms with van der Waals surface area (Å²) >= 11 is 0. The van der Waals surface area contributed by atoms with E-state index in [-0.39, 0.29) is 0 Å². The highest BCUT2D eigenvalue weighted by molar-refractivity contribution is 5.52. The predicted octanol–water partition coefficient (Wildman–Crippen LogP) is 2.99. The van der Waals surface area contributed by atoms with E-state index < -0.39 is 0 Å². The largest absolute Gasteiger partial charge is 0.444 e. The average molecular weight is 323 g/mol. The minimum Gasteiger partial charge on any atom is -0.444 e. The monoisotopic (exact) mass is 323 g/mol. The van der Waals surface area contributed by atoms with Gasteiger partial charge in [-0.2, -0.15) is 5.10 Å². The van der Waals surface area contributed by atoms with E-state index in [1.165, 1.54) is 19.3 Å². The topological polar surface area (TPSA) is 60.0 Å². The Morgan fingerprint density at radius 1 is 1.17 bits per heavy atom. The second kappa shape index (κ2) is 6.97. The Kier molecular flexibility index (Phi) is 4.38. The SMILES string of the molecule is c1ccc(-c2nc(CN3CCCC[C@H]3Cn3cncn3)co2)cc1. The molecule has 3 heterocycles. The molecule has 1 aromatic carbocycles. The third kappa shape index (κ3) is 3.38. The molecular formula is C18H21N5O. The molecule has 0 spiro atoms. The molecule has 6 nitrogen and oxygen atoms in total. The van der Waals surface area contributed by atoms with Crippen molar-refractivity contribution >= 4 is 0 Å². The van der Waals surface area contributed by atoms with Gasteiger partial charge in [-0.25, -0.2) is 9.97 Å². The molecule has 124 valence electrons. The van der Waals surface area contributed by atoms with Gasteiger partial charge in [0.25, 0.3) is 0 Å². The lowest BCUT2D eigenvalue weighted by Gasteiger charge is -2.34. The molecule has 0 bridgehead atoms. The van der Waals surface area contributed by atoms with E-state index in [0.29, 0.717) is 11.9 Å². The van der Waals surface area contributed by atoms with Gasteiger partial charge in [-0.3, -0.25) is 9.58 Å². The molecule has 4 rings (SSSR count). The molecule has 1 atom stereocenters. The van der Waals surface area contributed by atoms with Gasteiger partial charge in [-0.05, 0) is 31.5 Å². The Morgan fingerprint density at radius 2 is 2.08 bits per heavy atom. The van der Waals surface area contributed by atoms with E-state index >= 15 is 0 Å². The van der Waals surface area contributed by atoms with Crippen molar-refractivity contribution in [3.63, 3.8) is 0 Å². The van der Waals surface area contributed by atoms with Gasteiger partial charge in [0.05, 0.1) is 12.2 Å². The van der Waals surface area contributed by atoms with Crippen molar-refractivity contribution < 1.29 is 4.42 Å². The van der Waals surface area contributed by atoms with Crippen LogP contribution >= 0.6 is 0 Å². The molecule has 2 aromatic heterocycles. The van der Waals surface area contributed by atoms with Crippen LogP contribution in [0.15, 0.2) is 53.7 Å². The zero-order chi connectivity index (χ0) is 16.2. The summed E-state index contributed by atoms with van der Waals surface area (Å²) in [5, 5.41) is 4.24. The summed E-state index contributed by atoms with van der Waals surface area (Å²) in [6.07, 6.45) is 8.85. The quantitative estimate of drug-likeness (QED) is 0.722. The van der Waals surface area contributed by atoms with Crippen LogP contribution in [0.2, 0.25) is 0 Å². The van der Waals surface area contributed by atoms with Gasteiger partial charge in [0.15, 0.2) is 0 Å². The third-order valence-electron chi connectivity index (χ3n) is 4.55. The molecular weight excluding hydrogens is 302 g/mol. The molecule has 0 amide bonds. The number of nitrogens with zero attached hydrogens (tertiary/aromatic N) is 5. The first-order valence-electron chi connectivity index (χ1n) is 8.45. The van der Waals surface area contributed by atoms with Crippen LogP contribution in [0, 0.1) is 0 Å². The number of aromatic nitrogens is 4. The standard InChI is InChI=1S/C18H21N5O/c1-2-6-15(7-3-1)18-21-16(12-24-18)10-22-9-5-4-8-17(22)11-23-14-19-13-20-23/h1-3,6-7,12-14,17H,4-5,8-11H2/t17-/m0/s1. The summed E-state index contributed by atoms with van der Waals surface area (Å²) in [6.45, 7) is 2.78. The summed E-state index contributed by atoms with van der Waals surface area (Å²) in [4.78, 5) is 11.2. The lowest BCUT2D eigenvalue weighted by molar-refractivity contribution is 0.120. The molecule has 1 saturated heterocycles. The zero-order valence-corrected chi connectivity index (χ0v) is 13.6. The molecule has 1 aliphatic rings. The minimum absolute atomic E-state index is 0.470. The Hall–Kier alpha value is -2.47. The van der Waals surface area contributed by atoms with Gasteiger partial charge < -0.3 is 4.42 Å². The maximum atomic E-state index is 5.67. The average Bonchev–Trinajstić information content (AvgIpc) is 3.29. The predicted molar refractivity (Wildman–Crippen MR) is 90.0 cm³/mol. The van der Waals surface area contributed by atoms with Crippen molar-refractivity contribution in [2.45, 2.75) is 38.4 Å². The molecule has 0 saturated carbocycles. The third-order valence-corrected chi connectivity index (χ3v) is 4.55. The second-order valence-corrected chi connectivity index (χ2v) is 6.25. The van der Waals surface area contributed by atoms with Gasteiger partial charge in [0.2, 0.25) is 5.89 Å². The Labute approximate surface area is 141 Å². The Morgan fingerprint density at radius 3 is 2.92 bits per heavy atom. The number of benzene rings is 1. The number of rotatable bonds is 5. The molecule has 3 aromatic rings. The van der Waals surface area contributed by atoms with Crippen molar-refractivity contribution in [2.75, 3.05) is 6.54 Å². The van der Waals surface area contributed by atoms with Crippen LogP contribution in [-0.2, 0) is 13.1 Å². The number of hydrogen-bond acceptors (Lipinski definition) is 5. The van der Waals surface area contributed by atoms with E-state index in [1.54, 1.807) is 18.9 Å². The number of hydrogen-bond donors (Lipinski definition) is 0. The molecule has 6 heteroatoms. The first-order chi connectivity index (χ1) is 11.9. The van der Waals surface area contributed by atoms with Crippen LogP contribution in [0.3, 0.4) is 0 Å². The highest BCUT2D eigenvalue weighted by Gasteiger charge is 2.24. The van der Waals surface area contributed by atoms with Crippen LogP contribution in [0.1, 0.15) is 25.0 Å². The van der Waals surface area contributed by atoms with E-state index in [2.05, 4.69) is 20.0 Å². The van der Waals surface area contributed by atoms with E-state index in [0.717, 1.165) is 30.9 Å². The highest BCUT2D eigenvalue weighted by atomic mass is 16.3. The Balaban J connectivity index is 1.46. The maximum absolute atomic E-state index is 5.67. The molecule has 1 aliphatic heterocycles. The zero-order valence-electron chi connectivity index (χ0n) is 13.6. The van der Waals surface area contributed by atoms with E-state index in [9.17, 15) is 0 Å². The molecule has 0 N–H and O–H groups in total. The molecule has 0 radical (unpaired) electrons. The van der Waals surface area contributed by atoms with Crippen LogP contribution in [0.5, 0.6) is 0 Å². The fourth-order valence-electron chi connectivity index (χ4n) is 3.32. The fourth-order valence-corrected chi connectivity index (χ4v) is 3.32. The van der Waals surface area contributed by atoms with E-state index in [1.807, 2.05) is 35.0 Å². The lowest BCUT2D eigenvalue weighted by Crippen LogP contribution is -2.41. The smallest absolute Gasteiger partial charge is 0.226 e. The van der Waals surface area contributed by atoms with Crippen LogP contribution in [-0.4, -0.2) is 37.2 Å². The van der Waals surface area contributed by atoms with Crippen molar-refractivity contribution in [1.29, 1.82) is 0 Å². The highest BCUT2D eigenvalue weighted by Crippen LogP contribution is 2.23. The number of likely N-dealkylation sites (tertiary alicyclic amines) is 1. The van der Waals surface area contributed by atoms with Gasteiger partial charge in [-0.1, -0.05) is 24.6 Å². The van der Waals surface area contributed by atoms with Crippen LogP contribution in [0.4, 0.5) is 0 Å². The lowest BCUT2D eigenvalue weighted by atomic mass is 10.0. The summed E-state index contributed by atoms with van der Waals surface area (Å²) in [5.41, 5.74) is 2.00. The number of piperidine rings is 1. The normalized spacial score (nSPS) is 18.8. The summed E-state index contributed by atoms with van der Waals surface area (Å²) in [6, 6.07) is 10.5. The van der Waals surface area contributed by atoms with Crippen molar-refractivity contribution in [2.24, 2.45) is 0 Å². The van der Waals surface area contributed by atoms with Crippen molar-refractivity contribution in [3.8, 4) is 11.5 Å². The fraction of sp³-hybridized carbons (Fsp3) is 0.389. The van der Waals surface area contributed by atoms with Crippen molar-refractivity contribution in [1.82, 2.24) is 24.6 Å². The molecule has 0 aliphatic carbocycles. The molecule has 1 fully saturated rings. The molecule has 0 unspecified atom stereocenters. The van der Waals surface area contributed by atoms with Gasteiger partial charge in [-0.15, -0.1) is 0 Å². The molecule has 24 heavy (non-hydrogen) atoms. The van der Waals surface area contributed by atoms with Crippen LogP contribution < -0.4 is 0 Å². The van der Waals surface area contributed by atoms with Crippen LogP contribution in [0.25, 0.3) is 11.5 Å². The second-order valence-electron chi connectivity index (χ2n) is 6.25. The van der Waals surface area contributed by atoms with Crippen molar-refractivity contribution in [3.05, 3.63) is 54.9 Å². The van der Waals surface area contributed by atoms with Gasteiger partial charge in [0.1, 0.15) is 18.9 Å². The van der Waals surface area contributed by atoms with Gasteiger partial charge >= 0.3 is 0 Å². The summed E-state index contributed by atoms with van der Waals surface area (Å²) < 4.78 is 7.59. The van der Waals surface area contributed by atoms with Gasteiger partial charge in [0, 0.05) is 18.2 Å². The first kappa shape index (κ1) is 15.1. The minimum atomic E-state index is 0.470. The summed E-state index contributed by atoms with van der Waals surface area (Å²) in [7, 11) is 0. The first-order valence-corrected chi connectivity index (χ1v) is 8.45. The van der Waals surface area contributed by atoms with E-state index in [4.69, 9.17) is 4.42 Å². The maximum Gasteiger partial charge on any atom is 0.226 e. The Bertz CT molecular complexity index is 753. The number of oxazole rings is 1.